The molecule has 27 heavy (non-hydrogen) atoms. The number of nitrogens with one attached hydrogen (secondary N) is 2. The van der Waals surface area contributed by atoms with Crippen LogP contribution in [-0.4, -0.2) is 50.5 Å². The zero-order valence-corrected chi connectivity index (χ0v) is 16.0. The first-order valence-electron chi connectivity index (χ1n) is 10.1. The molecule has 2 heterocycles. The van der Waals surface area contributed by atoms with E-state index < -0.39 is 0 Å². The number of hydrogen-bond acceptors (Lipinski definition) is 4. The third kappa shape index (κ3) is 4.30. The zero-order chi connectivity index (χ0) is 18.6. The first-order chi connectivity index (χ1) is 13.2. The van der Waals surface area contributed by atoms with E-state index in [0.29, 0.717) is 18.6 Å². The topological polar surface area (TPSA) is 62.7 Å². The number of carbonyl (C=O) groups excluding carboxylic acids is 1. The maximum Gasteiger partial charge on any atom is 0.237 e. The minimum Gasteiger partial charge on any atom is -0.377 e. The fourth-order valence-corrected chi connectivity index (χ4v) is 4.64. The van der Waals surface area contributed by atoms with E-state index in [2.05, 4.69) is 46.0 Å². The number of amides is 1. The molecule has 1 aromatic rings. The average molecular weight is 367 g/mol. The van der Waals surface area contributed by atoms with E-state index in [1.165, 1.54) is 29.5 Å². The molecule has 0 spiro atoms. The molecule has 2 bridgehead atoms. The van der Waals surface area contributed by atoms with Crippen molar-refractivity contribution < 1.29 is 9.53 Å². The summed E-state index contributed by atoms with van der Waals surface area (Å²) in [5.74, 6) is 0.623. The molecule has 2 aliphatic heterocycles. The van der Waals surface area contributed by atoms with Crippen molar-refractivity contribution in [3.8, 4) is 0 Å². The van der Waals surface area contributed by atoms with Crippen LogP contribution in [-0.2, 0) is 16.0 Å². The van der Waals surface area contributed by atoms with E-state index in [0.717, 1.165) is 25.9 Å². The highest BCUT2D eigenvalue weighted by Crippen LogP contribution is 2.35. The van der Waals surface area contributed by atoms with Crippen molar-refractivity contribution in [3.63, 3.8) is 0 Å². The molecule has 2 fully saturated rings. The summed E-state index contributed by atoms with van der Waals surface area (Å²) < 4.78 is 5.39. The number of benzene rings is 1. The third-order valence-electron chi connectivity index (χ3n) is 6.04. The summed E-state index contributed by atoms with van der Waals surface area (Å²) in [4.78, 5) is 16.9. The van der Waals surface area contributed by atoms with E-state index in [1.54, 1.807) is 7.05 Å². The van der Waals surface area contributed by atoms with Crippen LogP contribution in [0.4, 0.5) is 0 Å². The number of hydrogen-bond donors (Lipinski definition) is 2. The quantitative estimate of drug-likeness (QED) is 0.759. The highest BCUT2D eigenvalue weighted by Gasteiger charge is 2.42. The highest BCUT2D eigenvalue weighted by atomic mass is 16.5. The van der Waals surface area contributed by atoms with Crippen LogP contribution in [0.5, 0.6) is 0 Å². The van der Waals surface area contributed by atoms with Gasteiger partial charge in [-0.3, -0.25) is 9.79 Å². The Morgan fingerprint density at radius 2 is 2.22 bits per heavy atom. The smallest absolute Gasteiger partial charge is 0.237 e. The number of ether oxygens (including phenoxy) is 1. The Labute approximate surface area is 161 Å². The van der Waals surface area contributed by atoms with Gasteiger partial charge in [-0.05, 0) is 54.7 Å². The van der Waals surface area contributed by atoms with Crippen molar-refractivity contribution in [3.05, 3.63) is 41.5 Å². The Bertz CT molecular complexity index is 726. The fourth-order valence-electron chi connectivity index (χ4n) is 4.64. The van der Waals surface area contributed by atoms with Gasteiger partial charge in [0.05, 0.1) is 25.3 Å². The van der Waals surface area contributed by atoms with Gasteiger partial charge in [-0.25, -0.2) is 0 Å². The maximum absolute atomic E-state index is 12.7. The van der Waals surface area contributed by atoms with Gasteiger partial charge < -0.3 is 15.4 Å². The Morgan fingerprint density at radius 1 is 1.37 bits per heavy atom. The van der Waals surface area contributed by atoms with Crippen LogP contribution in [0.1, 0.15) is 36.8 Å². The summed E-state index contributed by atoms with van der Waals surface area (Å²) >= 11 is 0. The molecule has 2 N–H and O–H groups in total. The summed E-state index contributed by atoms with van der Waals surface area (Å²) in [7, 11) is 1.76. The Balaban J connectivity index is 1.37. The summed E-state index contributed by atoms with van der Waals surface area (Å²) in [6, 6.07) is 9.10. The normalized spacial score (nSPS) is 28.3. The standard InChI is InChI=1S/C22H29N3O2/c1-23-14-20(25-22(26)21-18-6-7-19(13-18)24-21)12-15-2-4-16(5-3-15)17-8-10-27-11-9-17/h2-5,8,14,18-21,24H,6-7,9-13H2,1H3,(H,25,26)/t18-,19+,20-,21-/m0/s1. The van der Waals surface area contributed by atoms with Crippen LogP contribution in [0.15, 0.2) is 35.3 Å². The lowest BCUT2D eigenvalue weighted by Crippen LogP contribution is -2.51. The van der Waals surface area contributed by atoms with Gasteiger partial charge in [0.15, 0.2) is 0 Å². The second-order valence-corrected chi connectivity index (χ2v) is 7.89. The minimum atomic E-state index is -0.0726. The van der Waals surface area contributed by atoms with Gasteiger partial charge in [0.25, 0.3) is 0 Å². The third-order valence-corrected chi connectivity index (χ3v) is 6.04. The predicted octanol–water partition coefficient (Wildman–Crippen LogP) is 2.36. The molecule has 144 valence electrons. The molecule has 1 aromatic carbocycles. The van der Waals surface area contributed by atoms with Crippen LogP contribution in [0, 0.1) is 5.92 Å². The molecular formula is C22H29N3O2. The van der Waals surface area contributed by atoms with Crippen molar-refractivity contribution in [2.45, 2.75) is 50.2 Å². The maximum atomic E-state index is 12.7. The molecular weight excluding hydrogens is 338 g/mol. The van der Waals surface area contributed by atoms with Crippen LogP contribution < -0.4 is 10.6 Å². The molecule has 0 radical (unpaired) electrons. The van der Waals surface area contributed by atoms with Gasteiger partial charge in [-0.1, -0.05) is 30.3 Å². The fraction of sp³-hybridized carbons (Fsp3) is 0.545. The molecule has 4 atom stereocenters. The van der Waals surface area contributed by atoms with Gasteiger partial charge in [0.2, 0.25) is 5.91 Å². The van der Waals surface area contributed by atoms with E-state index in [1.807, 2.05) is 6.21 Å². The lowest BCUT2D eigenvalue weighted by molar-refractivity contribution is -0.124. The lowest BCUT2D eigenvalue weighted by Gasteiger charge is -2.24. The molecule has 0 unspecified atom stereocenters. The Hall–Kier alpha value is -1.98. The van der Waals surface area contributed by atoms with E-state index in [-0.39, 0.29) is 18.0 Å². The summed E-state index contributed by atoms with van der Waals surface area (Å²) in [5.41, 5.74) is 3.82. The number of nitrogens with zero attached hydrogens (tertiary/aromatic N) is 1. The van der Waals surface area contributed by atoms with Gasteiger partial charge in [-0.2, -0.15) is 0 Å². The van der Waals surface area contributed by atoms with Crippen molar-refractivity contribution in [1.29, 1.82) is 0 Å². The minimum absolute atomic E-state index is 0.0284. The van der Waals surface area contributed by atoms with Gasteiger partial charge in [0, 0.05) is 19.3 Å². The van der Waals surface area contributed by atoms with Crippen LogP contribution in [0.25, 0.3) is 5.57 Å². The summed E-state index contributed by atoms with van der Waals surface area (Å²) in [6.45, 7) is 1.50. The molecule has 1 saturated carbocycles. The van der Waals surface area contributed by atoms with E-state index >= 15 is 0 Å². The van der Waals surface area contributed by atoms with Gasteiger partial charge in [-0.15, -0.1) is 0 Å². The van der Waals surface area contributed by atoms with Crippen molar-refractivity contribution in [2.24, 2.45) is 10.9 Å². The van der Waals surface area contributed by atoms with Crippen molar-refractivity contribution >= 4 is 17.7 Å². The van der Waals surface area contributed by atoms with E-state index in [4.69, 9.17) is 4.74 Å². The monoisotopic (exact) mass is 367 g/mol. The lowest BCUT2D eigenvalue weighted by atomic mass is 9.97. The van der Waals surface area contributed by atoms with Crippen LogP contribution in [0.3, 0.4) is 0 Å². The molecule has 0 aromatic heterocycles. The number of piperidine rings is 1. The molecule has 1 aliphatic carbocycles. The molecule has 1 saturated heterocycles. The van der Waals surface area contributed by atoms with E-state index in [9.17, 15) is 4.79 Å². The second-order valence-electron chi connectivity index (χ2n) is 7.89. The first-order valence-corrected chi connectivity index (χ1v) is 10.1. The highest BCUT2D eigenvalue weighted by molar-refractivity contribution is 5.86. The average Bonchev–Trinajstić information content (AvgIpc) is 3.33. The number of carbonyl (C=O) groups is 1. The Kier molecular flexibility index (Phi) is 5.69. The second kappa shape index (κ2) is 8.36. The molecule has 3 aliphatic rings. The van der Waals surface area contributed by atoms with Crippen LogP contribution in [0.2, 0.25) is 0 Å². The Morgan fingerprint density at radius 3 is 2.85 bits per heavy atom. The van der Waals surface area contributed by atoms with Crippen LogP contribution >= 0.6 is 0 Å². The molecule has 4 rings (SSSR count). The number of rotatable bonds is 6. The van der Waals surface area contributed by atoms with Gasteiger partial charge >= 0.3 is 0 Å². The number of aliphatic imine (C=N–C) groups is 1. The molecule has 5 nitrogen and oxygen atoms in total. The molecule has 1 amide bonds. The largest absolute Gasteiger partial charge is 0.377 e. The summed E-state index contributed by atoms with van der Waals surface area (Å²) in [5, 5.41) is 6.66. The van der Waals surface area contributed by atoms with Gasteiger partial charge in [0.1, 0.15) is 0 Å². The molecule has 5 heteroatoms. The SMILES string of the molecule is CN=C[C@H](Cc1ccc(C2=CCOCC2)cc1)NC(=O)[C@H]1N[C@@H]2CC[C@H]1C2. The predicted molar refractivity (Wildman–Crippen MR) is 108 cm³/mol. The van der Waals surface area contributed by atoms with Crippen molar-refractivity contribution in [1.82, 2.24) is 10.6 Å². The number of fused-ring (bicyclic) bond motifs is 2. The van der Waals surface area contributed by atoms with Crippen molar-refractivity contribution in [2.75, 3.05) is 20.3 Å². The zero-order valence-electron chi connectivity index (χ0n) is 16.0. The summed E-state index contributed by atoms with van der Waals surface area (Å²) in [6.07, 6.45) is 9.26. The first kappa shape index (κ1) is 18.4.